The Labute approximate surface area is 323 Å². The third-order valence-corrected chi connectivity index (χ3v) is 12.5. The SMILES string of the molecule is O=C1[C@H]2[C@H](CC=C3[C@H]2C[C@@]2(Cl)C(=O)N(c4c(F)c(F)c(F)c(F)c4F)C(=O)[C@@]2(Cl)[C@H]3c2ccc(OCc3ccccc3)cc2O)C(=O)N1c1ccc(Cl)cc1. The molecule has 0 radical (unpaired) electrons. The number of alkyl halides is 2. The van der Waals surface area contributed by atoms with Crippen LogP contribution in [0.25, 0.3) is 0 Å². The van der Waals surface area contributed by atoms with Gasteiger partial charge in [-0.05, 0) is 54.7 Å². The first-order valence-electron chi connectivity index (χ1n) is 16.7. The summed E-state index contributed by atoms with van der Waals surface area (Å²) >= 11 is 20.4. The van der Waals surface area contributed by atoms with Crippen molar-refractivity contribution in [2.24, 2.45) is 17.8 Å². The average Bonchev–Trinajstić information content (AvgIpc) is 3.51. The Morgan fingerprint density at radius 1 is 0.764 bits per heavy atom. The van der Waals surface area contributed by atoms with Crippen LogP contribution in [0.2, 0.25) is 5.02 Å². The highest BCUT2D eigenvalue weighted by molar-refractivity contribution is 6.58. The van der Waals surface area contributed by atoms with Gasteiger partial charge in [0.25, 0.3) is 11.8 Å². The molecular weight excluding hydrogens is 794 g/mol. The van der Waals surface area contributed by atoms with Gasteiger partial charge in [-0.3, -0.25) is 24.1 Å². The predicted octanol–water partition coefficient (Wildman–Crippen LogP) is 8.09. The highest BCUT2D eigenvalue weighted by Gasteiger charge is 2.77. The number of aromatic hydroxyl groups is 1. The van der Waals surface area contributed by atoms with Crippen molar-refractivity contribution in [3.63, 3.8) is 0 Å². The van der Waals surface area contributed by atoms with Crippen molar-refractivity contribution in [2.45, 2.75) is 35.1 Å². The maximum Gasteiger partial charge on any atom is 0.258 e. The summed E-state index contributed by atoms with van der Waals surface area (Å²) in [7, 11) is 0. The van der Waals surface area contributed by atoms with E-state index in [1.54, 1.807) is 24.3 Å². The monoisotopic (exact) mass is 816 g/mol. The molecule has 3 fully saturated rings. The molecule has 16 heteroatoms. The number of fused-ring (bicyclic) bond motifs is 4. The third-order valence-electron chi connectivity index (χ3n) is 10.9. The molecule has 0 bridgehead atoms. The molecule has 1 N–H and O–H groups in total. The summed E-state index contributed by atoms with van der Waals surface area (Å²) in [4.78, 5) is 52.2. The lowest BCUT2D eigenvalue weighted by atomic mass is 9.56. The molecule has 282 valence electrons. The van der Waals surface area contributed by atoms with Gasteiger partial charge in [0, 0.05) is 22.6 Å². The number of halogens is 8. The number of hydrogen-bond acceptors (Lipinski definition) is 6. The number of benzene rings is 4. The smallest absolute Gasteiger partial charge is 0.258 e. The predicted molar refractivity (Wildman–Crippen MR) is 189 cm³/mol. The molecule has 2 saturated heterocycles. The zero-order chi connectivity index (χ0) is 39.3. The number of nitrogens with zero attached hydrogens (tertiary/aromatic N) is 2. The van der Waals surface area contributed by atoms with Gasteiger partial charge in [0.2, 0.25) is 17.6 Å². The van der Waals surface area contributed by atoms with Crippen molar-refractivity contribution in [1.82, 2.24) is 0 Å². The third kappa shape index (κ3) is 5.23. The number of amides is 4. The Balaban J connectivity index is 1.28. The van der Waals surface area contributed by atoms with Gasteiger partial charge in [0.05, 0.1) is 17.5 Å². The van der Waals surface area contributed by atoms with Crippen LogP contribution in [0.1, 0.15) is 29.9 Å². The van der Waals surface area contributed by atoms with Crippen LogP contribution in [-0.2, 0) is 25.8 Å². The van der Waals surface area contributed by atoms with Crippen molar-refractivity contribution in [3.05, 3.63) is 130 Å². The number of carbonyl (C=O) groups is 4. The van der Waals surface area contributed by atoms with E-state index < -0.39 is 104 Å². The summed E-state index contributed by atoms with van der Waals surface area (Å²) in [6.45, 7) is 0.0910. The molecule has 2 aliphatic heterocycles. The summed E-state index contributed by atoms with van der Waals surface area (Å²) in [6, 6.07) is 18.8. The van der Waals surface area contributed by atoms with E-state index in [1.807, 2.05) is 6.07 Å². The molecule has 0 aromatic heterocycles. The molecule has 0 unspecified atom stereocenters. The molecule has 55 heavy (non-hydrogen) atoms. The van der Waals surface area contributed by atoms with Crippen molar-refractivity contribution in [3.8, 4) is 11.5 Å². The first-order valence-corrected chi connectivity index (χ1v) is 17.9. The first kappa shape index (κ1) is 37.0. The Morgan fingerprint density at radius 3 is 2.04 bits per heavy atom. The molecule has 1 saturated carbocycles. The number of carbonyl (C=O) groups excluding carboxylic acids is 4. The summed E-state index contributed by atoms with van der Waals surface area (Å²) in [6.07, 6.45) is 0.767. The highest BCUT2D eigenvalue weighted by Crippen LogP contribution is 2.67. The first-order chi connectivity index (χ1) is 26.1. The van der Waals surface area contributed by atoms with Crippen LogP contribution in [0, 0.1) is 46.8 Å². The van der Waals surface area contributed by atoms with Gasteiger partial charge < -0.3 is 9.84 Å². The normalized spacial score (nSPS) is 27.2. The molecule has 8 nitrogen and oxygen atoms in total. The lowest BCUT2D eigenvalue weighted by Crippen LogP contribution is -2.60. The Morgan fingerprint density at radius 2 is 1.40 bits per heavy atom. The minimum absolute atomic E-state index is 0.0769. The van der Waals surface area contributed by atoms with Gasteiger partial charge in [0.15, 0.2) is 33.0 Å². The molecule has 4 aliphatic rings. The second-order valence-corrected chi connectivity index (χ2v) is 15.4. The van der Waals surface area contributed by atoms with Crippen LogP contribution in [0.3, 0.4) is 0 Å². The molecule has 6 atom stereocenters. The van der Waals surface area contributed by atoms with Crippen LogP contribution >= 0.6 is 34.8 Å². The molecular formula is C39H24Cl3F5N2O6. The summed E-state index contributed by atoms with van der Waals surface area (Å²) < 4.78 is 79.7. The van der Waals surface area contributed by atoms with Gasteiger partial charge in [-0.2, -0.15) is 0 Å². The fraction of sp³-hybridized carbons (Fsp3) is 0.231. The maximum atomic E-state index is 15.3. The number of imide groups is 2. The topological polar surface area (TPSA) is 104 Å². The van der Waals surface area contributed by atoms with Crippen molar-refractivity contribution >= 4 is 69.8 Å². The zero-order valence-corrected chi connectivity index (χ0v) is 30.1. The molecule has 2 aliphatic carbocycles. The Hall–Kier alpha value is -4.98. The molecule has 2 heterocycles. The van der Waals surface area contributed by atoms with E-state index in [1.165, 1.54) is 48.5 Å². The molecule has 8 rings (SSSR count). The lowest BCUT2D eigenvalue weighted by Gasteiger charge is -2.50. The largest absolute Gasteiger partial charge is 0.508 e. The van der Waals surface area contributed by atoms with Crippen molar-refractivity contribution in [2.75, 3.05) is 9.80 Å². The number of phenolic OH excluding ortho intramolecular Hbond substituents is 1. The average molecular weight is 818 g/mol. The van der Waals surface area contributed by atoms with Crippen LogP contribution in [0.15, 0.2) is 84.4 Å². The summed E-state index contributed by atoms with van der Waals surface area (Å²) in [5, 5.41) is 11.9. The lowest BCUT2D eigenvalue weighted by molar-refractivity contribution is -0.125. The van der Waals surface area contributed by atoms with E-state index in [0.717, 1.165) is 10.5 Å². The zero-order valence-electron chi connectivity index (χ0n) is 27.8. The van der Waals surface area contributed by atoms with Crippen LogP contribution in [-0.4, -0.2) is 38.5 Å². The Bertz CT molecular complexity index is 2350. The van der Waals surface area contributed by atoms with Gasteiger partial charge in [-0.25, -0.2) is 26.9 Å². The highest BCUT2D eigenvalue weighted by atomic mass is 35.5. The van der Waals surface area contributed by atoms with Crippen LogP contribution < -0.4 is 14.5 Å². The van der Waals surface area contributed by atoms with E-state index in [0.29, 0.717) is 5.02 Å². The number of anilines is 2. The van der Waals surface area contributed by atoms with E-state index >= 15 is 8.78 Å². The maximum absolute atomic E-state index is 15.3. The van der Waals surface area contributed by atoms with Crippen molar-refractivity contribution < 1.29 is 51.0 Å². The number of ether oxygens (including phenoxy) is 1. The summed E-state index contributed by atoms with van der Waals surface area (Å²) in [5.74, 6) is -22.4. The molecule has 4 aromatic rings. The molecule has 0 spiro atoms. The number of allylic oxidation sites excluding steroid dienone is 2. The second-order valence-electron chi connectivity index (χ2n) is 13.7. The van der Waals surface area contributed by atoms with E-state index in [9.17, 15) is 37.5 Å². The quantitative estimate of drug-likeness (QED) is 0.0527. The second kappa shape index (κ2) is 13.1. The number of rotatable bonds is 6. The fourth-order valence-electron chi connectivity index (χ4n) is 8.36. The minimum atomic E-state index is -2.80. The minimum Gasteiger partial charge on any atom is -0.508 e. The van der Waals surface area contributed by atoms with E-state index in [2.05, 4.69) is 0 Å². The van der Waals surface area contributed by atoms with E-state index in [4.69, 9.17) is 39.5 Å². The van der Waals surface area contributed by atoms with Crippen molar-refractivity contribution in [1.29, 1.82) is 0 Å². The molecule has 4 aromatic carbocycles. The van der Waals surface area contributed by atoms with Gasteiger partial charge in [-0.1, -0.05) is 59.6 Å². The van der Waals surface area contributed by atoms with Gasteiger partial charge in [-0.15, -0.1) is 23.2 Å². The standard InChI is InChI=1S/C39H24Cl3F5N2O6/c40-18-6-8-19(9-7-18)48-34(51)23-13-12-21-24(26(23)35(48)52)15-38(41)36(53)49(33-31(46)29(44)28(43)30(45)32(33)47)37(54)39(38,42)27(21)22-11-10-20(14-25(22)50)55-16-17-4-2-1-3-5-17/h1-12,14,23-24,26-27,50H,13,15-16H2/t23-,24+,26-,27+,38+,39-/m0/s1. The van der Waals surface area contributed by atoms with E-state index in [-0.39, 0.29) is 40.5 Å². The Kier molecular flexibility index (Phi) is 8.78. The van der Waals surface area contributed by atoms with Gasteiger partial charge in [0.1, 0.15) is 23.8 Å². The number of phenols is 1. The fourth-order valence-corrected chi connectivity index (χ4v) is 9.41. The molecule has 4 amide bonds. The van der Waals surface area contributed by atoms with Crippen LogP contribution in [0.4, 0.5) is 33.3 Å². The number of hydrogen-bond donors (Lipinski definition) is 1. The van der Waals surface area contributed by atoms with Gasteiger partial charge >= 0.3 is 0 Å². The van der Waals surface area contributed by atoms with Crippen LogP contribution in [0.5, 0.6) is 11.5 Å². The summed E-state index contributed by atoms with van der Waals surface area (Å²) in [5.41, 5.74) is -0.873.